The van der Waals surface area contributed by atoms with E-state index < -0.39 is 43.0 Å². The summed E-state index contributed by atoms with van der Waals surface area (Å²) in [5.41, 5.74) is 0.222. The quantitative estimate of drug-likeness (QED) is 0.366. The molecule has 3 aliphatic rings. The minimum atomic E-state index is -1.05. The number of amides is 1. The topological polar surface area (TPSA) is 124 Å². The van der Waals surface area contributed by atoms with Crippen LogP contribution in [-0.2, 0) is 28.6 Å². The molecule has 0 bridgehead atoms. The van der Waals surface area contributed by atoms with Crippen molar-refractivity contribution in [3.63, 3.8) is 0 Å². The summed E-state index contributed by atoms with van der Waals surface area (Å²) < 4.78 is 20.1. The second-order valence-corrected chi connectivity index (χ2v) is 5.66. The molecule has 3 heterocycles. The Bertz CT molecular complexity index is 704. The maximum atomic E-state index is 12.5. The molecule has 1 N–H and O–H groups in total. The van der Waals surface area contributed by atoms with Crippen molar-refractivity contribution in [3.8, 4) is 0 Å². The molecule has 0 radical (unpaired) electrons. The van der Waals surface area contributed by atoms with Crippen molar-refractivity contribution in [2.75, 3.05) is 26.6 Å². The minimum absolute atomic E-state index is 0.0503. The van der Waals surface area contributed by atoms with Gasteiger partial charge in [0.05, 0.1) is 12.6 Å². The Hall–Kier alpha value is -2.89. The monoisotopic (exact) mass is 382 g/mol. The number of hydrogen-bond donors (Lipinski definition) is 1. The van der Waals surface area contributed by atoms with Gasteiger partial charge in [0, 0.05) is 5.57 Å². The van der Waals surface area contributed by atoms with E-state index >= 15 is 0 Å². The van der Waals surface area contributed by atoms with Crippen molar-refractivity contribution in [2.24, 2.45) is 0 Å². The standard InChI is InChI=1S/C16H18N2O9/c1-3-5-23-15(21)26-14-9(7-19)12-10-11(13(20)18(10)14)17(8-25-12)27-16(22)24-6-4-2/h3-4,10-12,19H,1-2,5-8H2/t10-,11-,12?/m0/s1. The SMILES string of the molecule is C=CCOC(=O)OC1=C(CO)C2OCN(OC(=O)OCC=C)[C@@H]3C(=O)N1[C@H]23. The molecule has 0 spiro atoms. The highest BCUT2D eigenvalue weighted by molar-refractivity contribution is 5.93. The van der Waals surface area contributed by atoms with Gasteiger partial charge in [0.1, 0.15) is 26.0 Å². The average molecular weight is 382 g/mol. The second kappa shape index (κ2) is 7.78. The molecule has 0 aromatic carbocycles. The van der Waals surface area contributed by atoms with Gasteiger partial charge in [-0.3, -0.25) is 9.69 Å². The number of rotatable bonds is 7. The summed E-state index contributed by atoms with van der Waals surface area (Å²) in [5.74, 6) is -0.626. The first kappa shape index (κ1) is 18.9. The van der Waals surface area contributed by atoms with E-state index in [2.05, 4.69) is 13.2 Å². The number of ether oxygens (including phenoxy) is 4. The first-order valence-corrected chi connectivity index (χ1v) is 7.99. The third-order valence-corrected chi connectivity index (χ3v) is 4.13. The first-order valence-electron chi connectivity index (χ1n) is 7.99. The Morgan fingerprint density at radius 2 is 1.89 bits per heavy atom. The van der Waals surface area contributed by atoms with Crippen LogP contribution in [0.4, 0.5) is 9.59 Å². The van der Waals surface area contributed by atoms with Gasteiger partial charge in [0.15, 0.2) is 6.04 Å². The van der Waals surface area contributed by atoms with E-state index in [1.165, 1.54) is 17.1 Å². The number of aliphatic hydroxyl groups excluding tert-OH is 1. The summed E-state index contributed by atoms with van der Waals surface area (Å²) in [6.07, 6.45) is -0.0493. The molecule has 0 saturated carbocycles. The van der Waals surface area contributed by atoms with Crippen LogP contribution < -0.4 is 0 Å². The molecule has 1 unspecified atom stereocenters. The molecule has 2 fully saturated rings. The van der Waals surface area contributed by atoms with Crippen molar-refractivity contribution in [1.82, 2.24) is 9.96 Å². The van der Waals surface area contributed by atoms with E-state index in [0.29, 0.717) is 0 Å². The van der Waals surface area contributed by atoms with Gasteiger partial charge in [0.2, 0.25) is 5.88 Å². The highest BCUT2D eigenvalue weighted by Crippen LogP contribution is 2.45. The van der Waals surface area contributed by atoms with Crippen molar-refractivity contribution in [2.45, 2.75) is 18.2 Å². The third kappa shape index (κ3) is 3.27. The Morgan fingerprint density at radius 3 is 2.52 bits per heavy atom. The van der Waals surface area contributed by atoms with E-state index in [1.54, 1.807) is 0 Å². The molecule has 2 saturated heterocycles. The van der Waals surface area contributed by atoms with E-state index in [0.717, 1.165) is 5.06 Å². The molecule has 3 atom stereocenters. The van der Waals surface area contributed by atoms with E-state index in [9.17, 15) is 19.5 Å². The van der Waals surface area contributed by atoms with E-state index in [1.807, 2.05) is 0 Å². The molecular formula is C16H18N2O9. The van der Waals surface area contributed by atoms with Crippen LogP contribution in [0.1, 0.15) is 0 Å². The van der Waals surface area contributed by atoms with Gasteiger partial charge in [-0.2, -0.15) is 0 Å². The maximum Gasteiger partial charge on any atom is 0.528 e. The van der Waals surface area contributed by atoms with Crippen LogP contribution in [-0.4, -0.2) is 78.0 Å². The fourth-order valence-corrected chi connectivity index (χ4v) is 3.08. The molecule has 11 nitrogen and oxygen atoms in total. The summed E-state index contributed by atoms with van der Waals surface area (Å²) in [6.45, 7) is 5.97. The summed E-state index contributed by atoms with van der Waals surface area (Å²) in [6, 6.07) is -1.48. The summed E-state index contributed by atoms with van der Waals surface area (Å²) >= 11 is 0. The zero-order valence-corrected chi connectivity index (χ0v) is 14.2. The van der Waals surface area contributed by atoms with Gasteiger partial charge < -0.3 is 28.9 Å². The largest absolute Gasteiger partial charge is 0.528 e. The van der Waals surface area contributed by atoms with Crippen LogP contribution in [0.2, 0.25) is 0 Å². The molecule has 3 aliphatic heterocycles. The fourth-order valence-electron chi connectivity index (χ4n) is 3.08. The third-order valence-electron chi connectivity index (χ3n) is 4.13. The molecule has 27 heavy (non-hydrogen) atoms. The number of β-lactam (4-membered cyclic amide) rings is 1. The van der Waals surface area contributed by atoms with Gasteiger partial charge >= 0.3 is 12.3 Å². The molecule has 0 aliphatic carbocycles. The second-order valence-electron chi connectivity index (χ2n) is 5.66. The molecule has 146 valence electrons. The van der Waals surface area contributed by atoms with Crippen LogP contribution in [0, 0.1) is 0 Å². The van der Waals surface area contributed by atoms with Crippen LogP contribution in [0.5, 0.6) is 0 Å². The predicted molar refractivity (Wildman–Crippen MR) is 85.4 cm³/mol. The molecule has 1 amide bonds. The Morgan fingerprint density at radius 1 is 1.22 bits per heavy atom. The molecular weight excluding hydrogens is 364 g/mol. The smallest absolute Gasteiger partial charge is 0.430 e. The normalized spacial score (nSPS) is 26.0. The molecule has 3 rings (SSSR count). The molecule has 0 aromatic heterocycles. The Kier molecular flexibility index (Phi) is 5.44. The van der Waals surface area contributed by atoms with Crippen LogP contribution in [0.3, 0.4) is 0 Å². The number of hydrogen-bond acceptors (Lipinski definition) is 10. The van der Waals surface area contributed by atoms with E-state index in [-0.39, 0.29) is 31.4 Å². The summed E-state index contributed by atoms with van der Waals surface area (Å²) in [4.78, 5) is 42.0. The number of nitrogens with zero attached hydrogens (tertiary/aromatic N) is 2. The summed E-state index contributed by atoms with van der Waals surface area (Å²) in [5, 5.41) is 10.7. The van der Waals surface area contributed by atoms with Gasteiger partial charge in [-0.15, -0.1) is 0 Å². The van der Waals surface area contributed by atoms with E-state index in [4.69, 9.17) is 23.8 Å². The van der Waals surface area contributed by atoms with Gasteiger partial charge in [-0.25, -0.2) is 9.59 Å². The van der Waals surface area contributed by atoms with Crippen LogP contribution in [0.15, 0.2) is 36.8 Å². The lowest BCUT2D eigenvalue weighted by molar-refractivity contribution is -0.272. The lowest BCUT2D eigenvalue weighted by Crippen LogP contribution is -2.74. The van der Waals surface area contributed by atoms with Crippen LogP contribution in [0.25, 0.3) is 0 Å². The highest BCUT2D eigenvalue weighted by atomic mass is 16.8. The van der Waals surface area contributed by atoms with Gasteiger partial charge in [0.25, 0.3) is 5.91 Å². The van der Waals surface area contributed by atoms with Crippen molar-refractivity contribution >= 4 is 18.2 Å². The Balaban J connectivity index is 1.72. The number of aliphatic hydroxyl groups is 1. The predicted octanol–water partition coefficient (Wildman–Crippen LogP) is 0.0350. The average Bonchev–Trinajstić information content (AvgIpc) is 2.94. The van der Waals surface area contributed by atoms with Crippen molar-refractivity contribution in [3.05, 3.63) is 36.8 Å². The maximum absolute atomic E-state index is 12.5. The lowest BCUT2D eigenvalue weighted by atomic mass is 9.90. The van der Waals surface area contributed by atoms with Gasteiger partial charge in [-0.05, 0) is 0 Å². The molecule has 11 heteroatoms. The Labute approximate surface area is 153 Å². The zero-order valence-electron chi connectivity index (χ0n) is 14.2. The lowest BCUT2D eigenvalue weighted by Gasteiger charge is -2.50. The number of carbonyl (C=O) groups is 3. The zero-order chi connectivity index (χ0) is 19.6. The fraction of sp³-hybridized carbons (Fsp3) is 0.438. The van der Waals surface area contributed by atoms with Crippen LogP contribution >= 0.6 is 0 Å². The van der Waals surface area contributed by atoms with Gasteiger partial charge in [-0.1, -0.05) is 30.4 Å². The summed E-state index contributed by atoms with van der Waals surface area (Å²) in [7, 11) is 0. The number of hydroxylamine groups is 2. The molecule has 0 aromatic rings. The van der Waals surface area contributed by atoms with Crippen molar-refractivity contribution in [1.29, 1.82) is 0 Å². The number of carbonyl (C=O) groups excluding carboxylic acids is 3. The van der Waals surface area contributed by atoms with Crippen molar-refractivity contribution < 1.29 is 43.3 Å². The first-order chi connectivity index (χ1) is 13.0. The minimum Gasteiger partial charge on any atom is -0.430 e. The highest BCUT2D eigenvalue weighted by Gasteiger charge is 2.65.